The monoisotopic (exact) mass is 273 g/mol. The van der Waals surface area contributed by atoms with Gasteiger partial charge in [-0.25, -0.2) is 0 Å². The van der Waals surface area contributed by atoms with Gasteiger partial charge in [0.25, 0.3) is 5.91 Å². The van der Waals surface area contributed by atoms with Crippen molar-refractivity contribution in [1.29, 1.82) is 0 Å². The number of halogens is 1. The molecule has 0 atom stereocenters. The predicted molar refractivity (Wildman–Crippen MR) is 68.3 cm³/mol. The number of rotatable bonds is 6. The minimum atomic E-state index is -0.342. The molecular weight excluding hydrogens is 258 g/mol. The van der Waals surface area contributed by atoms with E-state index >= 15 is 0 Å². The van der Waals surface area contributed by atoms with Crippen molar-refractivity contribution < 1.29 is 19.7 Å². The molecule has 0 saturated heterocycles. The molecule has 100 valence electrons. The Morgan fingerprint density at radius 1 is 1.39 bits per heavy atom. The summed E-state index contributed by atoms with van der Waals surface area (Å²) >= 11 is 5.63. The molecule has 1 amide bonds. The van der Waals surface area contributed by atoms with E-state index in [4.69, 9.17) is 16.3 Å². The Morgan fingerprint density at radius 2 is 2.11 bits per heavy atom. The van der Waals surface area contributed by atoms with Crippen LogP contribution in [0.4, 0.5) is 0 Å². The van der Waals surface area contributed by atoms with E-state index < -0.39 is 0 Å². The minimum Gasteiger partial charge on any atom is -0.508 e. The molecule has 0 fully saturated rings. The second-order valence-corrected chi connectivity index (χ2v) is 4.05. The van der Waals surface area contributed by atoms with Gasteiger partial charge in [-0.1, -0.05) is 0 Å². The number of phenols is 2. The number of nitrogens with zero attached hydrogens (tertiary/aromatic N) is 1. The van der Waals surface area contributed by atoms with Crippen LogP contribution >= 0.6 is 11.6 Å². The summed E-state index contributed by atoms with van der Waals surface area (Å²) in [6.45, 7) is 1.15. The Kier molecular flexibility index (Phi) is 5.74. The highest BCUT2D eigenvalue weighted by Gasteiger charge is 2.18. The standard InChI is InChI=1S/C12H16ClNO4/c1-18-7-6-14(5-4-13)12(17)10-3-2-9(15)8-11(10)16/h2-3,8,15-16H,4-7H2,1H3. The number of alkyl halides is 1. The van der Waals surface area contributed by atoms with Crippen molar-refractivity contribution in [1.82, 2.24) is 4.90 Å². The molecule has 5 nitrogen and oxygen atoms in total. The summed E-state index contributed by atoms with van der Waals surface area (Å²) in [4.78, 5) is 13.6. The van der Waals surface area contributed by atoms with E-state index in [1.54, 1.807) is 7.11 Å². The highest BCUT2D eigenvalue weighted by atomic mass is 35.5. The van der Waals surface area contributed by atoms with Gasteiger partial charge < -0.3 is 19.8 Å². The molecule has 0 aliphatic rings. The molecule has 0 aliphatic carbocycles. The Morgan fingerprint density at radius 3 is 2.67 bits per heavy atom. The molecular formula is C12H16ClNO4. The fourth-order valence-corrected chi connectivity index (χ4v) is 1.69. The normalized spacial score (nSPS) is 10.3. The molecule has 0 heterocycles. The van der Waals surface area contributed by atoms with E-state index in [2.05, 4.69) is 0 Å². The molecule has 18 heavy (non-hydrogen) atoms. The van der Waals surface area contributed by atoms with Gasteiger partial charge in [-0.3, -0.25) is 4.79 Å². The number of hydrogen-bond donors (Lipinski definition) is 2. The van der Waals surface area contributed by atoms with E-state index in [1.165, 1.54) is 17.0 Å². The maximum absolute atomic E-state index is 12.1. The molecule has 6 heteroatoms. The first kappa shape index (κ1) is 14.6. The summed E-state index contributed by atoms with van der Waals surface area (Å²) in [6.07, 6.45) is 0. The molecule has 0 aromatic heterocycles. The number of amides is 1. The molecule has 1 rings (SSSR count). The van der Waals surface area contributed by atoms with Gasteiger partial charge in [-0.2, -0.15) is 0 Å². The average Bonchev–Trinajstić information content (AvgIpc) is 2.33. The molecule has 0 spiro atoms. The van der Waals surface area contributed by atoms with Crippen LogP contribution < -0.4 is 0 Å². The largest absolute Gasteiger partial charge is 0.508 e. The number of aromatic hydroxyl groups is 2. The smallest absolute Gasteiger partial charge is 0.257 e. The van der Waals surface area contributed by atoms with Crippen molar-refractivity contribution in [3.63, 3.8) is 0 Å². The maximum atomic E-state index is 12.1. The Labute approximate surface area is 111 Å². The first-order valence-electron chi connectivity index (χ1n) is 5.46. The highest BCUT2D eigenvalue weighted by molar-refractivity contribution is 6.18. The maximum Gasteiger partial charge on any atom is 0.257 e. The summed E-state index contributed by atoms with van der Waals surface area (Å²) in [6, 6.07) is 3.85. The van der Waals surface area contributed by atoms with Crippen LogP contribution in [0.25, 0.3) is 0 Å². The van der Waals surface area contributed by atoms with Crippen LogP contribution in [0.15, 0.2) is 18.2 Å². The van der Waals surface area contributed by atoms with Crippen LogP contribution in [0.3, 0.4) is 0 Å². The average molecular weight is 274 g/mol. The number of methoxy groups -OCH3 is 1. The second kappa shape index (κ2) is 7.08. The molecule has 0 aliphatic heterocycles. The van der Waals surface area contributed by atoms with Gasteiger partial charge in [0.2, 0.25) is 0 Å². The first-order chi connectivity index (χ1) is 8.60. The molecule has 1 aromatic rings. The third-order valence-electron chi connectivity index (χ3n) is 2.42. The molecule has 0 radical (unpaired) electrons. The van der Waals surface area contributed by atoms with Crippen LogP contribution in [0, 0.1) is 0 Å². The fraction of sp³-hybridized carbons (Fsp3) is 0.417. The van der Waals surface area contributed by atoms with Gasteiger partial charge in [0.1, 0.15) is 11.5 Å². The Balaban J connectivity index is 2.87. The summed E-state index contributed by atoms with van der Waals surface area (Å²) in [7, 11) is 1.54. The lowest BCUT2D eigenvalue weighted by atomic mass is 10.1. The zero-order valence-corrected chi connectivity index (χ0v) is 10.9. The SMILES string of the molecule is COCCN(CCCl)C(=O)c1ccc(O)cc1O. The van der Waals surface area contributed by atoms with Crippen LogP contribution in [0.2, 0.25) is 0 Å². The second-order valence-electron chi connectivity index (χ2n) is 3.68. The predicted octanol–water partition coefficient (Wildman–Crippen LogP) is 1.43. The van der Waals surface area contributed by atoms with E-state index in [9.17, 15) is 15.0 Å². The van der Waals surface area contributed by atoms with E-state index in [-0.39, 0.29) is 23.0 Å². The minimum absolute atomic E-state index is 0.0927. The van der Waals surface area contributed by atoms with Crippen molar-refractivity contribution in [2.45, 2.75) is 0 Å². The summed E-state index contributed by atoms with van der Waals surface area (Å²) < 4.78 is 4.91. The number of hydrogen-bond acceptors (Lipinski definition) is 4. The lowest BCUT2D eigenvalue weighted by molar-refractivity contribution is 0.0705. The van der Waals surface area contributed by atoms with Crippen molar-refractivity contribution in [2.24, 2.45) is 0 Å². The quantitative estimate of drug-likeness (QED) is 0.769. The van der Waals surface area contributed by atoms with Crippen molar-refractivity contribution in [3.05, 3.63) is 23.8 Å². The number of carbonyl (C=O) groups is 1. The summed E-state index contributed by atoms with van der Waals surface area (Å²) in [5.74, 6) is -0.388. The van der Waals surface area contributed by atoms with Crippen molar-refractivity contribution in [3.8, 4) is 11.5 Å². The van der Waals surface area contributed by atoms with Crippen molar-refractivity contribution in [2.75, 3.05) is 32.7 Å². The molecule has 2 N–H and O–H groups in total. The van der Waals surface area contributed by atoms with Crippen LogP contribution in [-0.4, -0.2) is 53.7 Å². The first-order valence-corrected chi connectivity index (χ1v) is 5.99. The van der Waals surface area contributed by atoms with E-state index in [0.717, 1.165) is 6.07 Å². The zero-order chi connectivity index (χ0) is 13.5. The van der Waals surface area contributed by atoms with Gasteiger partial charge >= 0.3 is 0 Å². The fourth-order valence-electron chi connectivity index (χ4n) is 1.49. The number of benzene rings is 1. The molecule has 1 aromatic carbocycles. The number of ether oxygens (including phenoxy) is 1. The molecule has 0 unspecified atom stereocenters. The topological polar surface area (TPSA) is 70.0 Å². The third-order valence-corrected chi connectivity index (χ3v) is 2.59. The lowest BCUT2D eigenvalue weighted by Crippen LogP contribution is -2.35. The summed E-state index contributed by atoms with van der Waals surface area (Å²) in [5, 5.41) is 18.8. The van der Waals surface area contributed by atoms with Crippen LogP contribution in [0.5, 0.6) is 11.5 Å². The van der Waals surface area contributed by atoms with Gasteiger partial charge in [-0.05, 0) is 12.1 Å². The zero-order valence-electron chi connectivity index (χ0n) is 10.1. The number of carbonyl (C=O) groups excluding carboxylic acids is 1. The van der Waals surface area contributed by atoms with E-state index in [0.29, 0.717) is 25.6 Å². The third kappa shape index (κ3) is 3.78. The van der Waals surface area contributed by atoms with Gasteiger partial charge in [0.05, 0.1) is 12.2 Å². The Bertz CT molecular complexity index is 411. The van der Waals surface area contributed by atoms with E-state index in [1.807, 2.05) is 0 Å². The lowest BCUT2D eigenvalue weighted by Gasteiger charge is -2.21. The van der Waals surface area contributed by atoms with Crippen molar-refractivity contribution >= 4 is 17.5 Å². The van der Waals surface area contributed by atoms with Gasteiger partial charge in [-0.15, -0.1) is 11.6 Å². The van der Waals surface area contributed by atoms with Crippen LogP contribution in [0.1, 0.15) is 10.4 Å². The Hall–Kier alpha value is -1.46. The van der Waals surface area contributed by atoms with Gasteiger partial charge in [0.15, 0.2) is 0 Å². The highest BCUT2D eigenvalue weighted by Crippen LogP contribution is 2.23. The van der Waals surface area contributed by atoms with Gasteiger partial charge in [0, 0.05) is 32.1 Å². The number of phenolic OH excluding ortho intramolecular Hbond substituents is 2. The molecule has 0 saturated carbocycles. The summed E-state index contributed by atoms with van der Waals surface area (Å²) in [5.41, 5.74) is 0.133. The molecule has 0 bridgehead atoms. The van der Waals surface area contributed by atoms with Crippen LogP contribution in [-0.2, 0) is 4.74 Å².